The van der Waals surface area contributed by atoms with Crippen LogP contribution in [0.5, 0.6) is 0 Å². The van der Waals surface area contributed by atoms with Gasteiger partial charge in [-0.05, 0) is 31.6 Å². The molecule has 0 unspecified atom stereocenters. The number of anilines is 1. The first-order valence-corrected chi connectivity index (χ1v) is 7.62. The SMILES string of the molecule is CCc1ccc([C@H](CNC(=O)c2nccnc2N)N(C)C)cc1. The third-order valence-electron chi connectivity index (χ3n) is 3.79. The van der Waals surface area contributed by atoms with Crippen LogP contribution in [0.2, 0.25) is 0 Å². The standard InChI is InChI=1S/C17H23N5O/c1-4-12-5-7-13(8-6-12)14(22(2)3)11-21-17(23)15-16(18)20-10-9-19-15/h5-10,14H,4,11H2,1-3H3,(H2,18,20)(H,21,23)/t14-/m0/s1. The molecule has 122 valence electrons. The Labute approximate surface area is 136 Å². The zero-order valence-electron chi connectivity index (χ0n) is 13.8. The van der Waals surface area contributed by atoms with E-state index in [1.165, 1.54) is 18.0 Å². The number of benzene rings is 1. The van der Waals surface area contributed by atoms with Crippen molar-refractivity contribution >= 4 is 11.7 Å². The van der Waals surface area contributed by atoms with E-state index in [0.717, 1.165) is 12.0 Å². The summed E-state index contributed by atoms with van der Waals surface area (Å²) in [6.45, 7) is 2.59. The lowest BCUT2D eigenvalue weighted by atomic mass is 10.0. The number of hydrogen-bond donors (Lipinski definition) is 2. The van der Waals surface area contributed by atoms with Gasteiger partial charge in [-0.1, -0.05) is 31.2 Å². The van der Waals surface area contributed by atoms with Crippen LogP contribution >= 0.6 is 0 Å². The summed E-state index contributed by atoms with van der Waals surface area (Å²) in [5.41, 5.74) is 8.29. The molecule has 1 amide bonds. The molecule has 23 heavy (non-hydrogen) atoms. The number of rotatable bonds is 6. The van der Waals surface area contributed by atoms with Crippen LogP contribution in [0, 0.1) is 0 Å². The van der Waals surface area contributed by atoms with Gasteiger partial charge in [0.25, 0.3) is 5.91 Å². The molecule has 1 aromatic carbocycles. The van der Waals surface area contributed by atoms with Crippen molar-refractivity contribution in [1.82, 2.24) is 20.2 Å². The van der Waals surface area contributed by atoms with E-state index in [0.29, 0.717) is 6.54 Å². The van der Waals surface area contributed by atoms with E-state index in [-0.39, 0.29) is 23.5 Å². The molecule has 1 heterocycles. The van der Waals surface area contributed by atoms with Gasteiger partial charge >= 0.3 is 0 Å². The van der Waals surface area contributed by atoms with Crippen LogP contribution in [0.3, 0.4) is 0 Å². The van der Waals surface area contributed by atoms with Gasteiger partial charge in [0.05, 0.1) is 6.04 Å². The highest BCUT2D eigenvalue weighted by molar-refractivity contribution is 5.96. The largest absolute Gasteiger partial charge is 0.382 e. The Kier molecular flexibility index (Phi) is 5.65. The van der Waals surface area contributed by atoms with Crippen molar-refractivity contribution < 1.29 is 4.79 Å². The number of likely N-dealkylation sites (N-methyl/N-ethyl adjacent to an activating group) is 1. The smallest absolute Gasteiger partial charge is 0.273 e. The monoisotopic (exact) mass is 313 g/mol. The van der Waals surface area contributed by atoms with Gasteiger partial charge in [-0.25, -0.2) is 9.97 Å². The second-order valence-corrected chi connectivity index (χ2v) is 5.57. The highest BCUT2D eigenvalue weighted by atomic mass is 16.1. The summed E-state index contributed by atoms with van der Waals surface area (Å²) in [7, 11) is 3.97. The number of nitrogens with two attached hydrogens (primary N) is 1. The number of carbonyl (C=O) groups is 1. The van der Waals surface area contributed by atoms with Crippen LogP contribution in [0.25, 0.3) is 0 Å². The van der Waals surface area contributed by atoms with E-state index in [2.05, 4.69) is 51.4 Å². The molecule has 1 aromatic heterocycles. The highest BCUT2D eigenvalue weighted by Crippen LogP contribution is 2.18. The number of amides is 1. The topological polar surface area (TPSA) is 84.1 Å². The van der Waals surface area contributed by atoms with Gasteiger partial charge in [0.1, 0.15) is 0 Å². The van der Waals surface area contributed by atoms with Gasteiger partial charge in [0, 0.05) is 18.9 Å². The highest BCUT2D eigenvalue weighted by Gasteiger charge is 2.17. The number of aromatic nitrogens is 2. The minimum absolute atomic E-state index is 0.0720. The Morgan fingerprint density at radius 3 is 2.43 bits per heavy atom. The lowest BCUT2D eigenvalue weighted by Crippen LogP contribution is -2.35. The van der Waals surface area contributed by atoms with Gasteiger partial charge < -0.3 is 16.0 Å². The second kappa shape index (κ2) is 7.69. The van der Waals surface area contributed by atoms with Crippen LogP contribution in [0.15, 0.2) is 36.7 Å². The summed E-state index contributed by atoms with van der Waals surface area (Å²) in [6, 6.07) is 8.52. The lowest BCUT2D eigenvalue weighted by molar-refractivity contribution is 0.0937. The molecule has 0 aliphatic carbocycles. The molecule has 0 aliphatic rings. The Morgan fingerprint density at radius 2 is 1.87 bits per heavy atom. The molecule has 2 aromatic rings. The molecule has 0 fully saturated rings. The fraction of sp³-hybridized carbons (Fsp3) is 0.353. The van der Waals surface area contributed by atoms with Gasteiger partial charge in [-0.3, -0.25) is 4.79 Å². The molecule has 0 spiro atoms. The molecule has 0 radical (unpaired) electrons. The van der Waals surface area contributed by atoms with Crippen molar-refractivity contribution in [3.63, 3.8) is 0 Å². The van der Waals surface area contributed by atoms with Crippen LogP contribution < -0.4 is 11.1 Å². The summed E-state index contributed by atoms with van der Waals surface area (Å²) < 4.78 is 0. The normalized spacial score (nSPS) is 12.2. The summed E-state index contributed by atoms with van der Waals surface area (Å²) in [5.74, 6) is -0.175. The average molecular weight is 313 g/mol. The summed E-state index contributed by atoms with van der Waals surface area (Å²) >= 11 is 0. The molecule has 0 bridgehead atoms. The van der Waals surface area contributed by atoms with Crippen molar-refractivity contribution in [2.75, 3.05) is 26.4 Å². The Hall–Kier alpha value is -2.47. The van der Waals surface area contributed by atoms with E-state index in [9.17, 15) is 4.79 Å². The van der Waals surface area contributed by atoms with Gasteiger partial charge in [-0.15, -0.1) is 0 Å². The van der Waals surface area contributed by atoms with Crippen LogP contribution in [-0.4, -0.2) is 41.4 Å². The quantitative estimate of drug-likeness (QED) is 0.847. The minimum atomic E-state index is -0.312. The Balaban J connectivity index is 2.08. The number of carbonyl (C=O) groups excluding carboxylic acids is 1. The lowest BCUT2D eigenvalue weighted by Gasteiger charge is -2.25. The van der Waals surface area contributed by atoms with Crippen molar-refractivity contribution in [2.24, 2.45) is 0 Å². The van der Waals surface area contributed by atoms with Crippen molar-refractivity contribution in [3.8, 4) is 0 Å². The van der Waals surface area contributed by atoms with Crippen molar-refractivity contribution in [3.05, 3.63) is 53.5 Å². The van der Waals surface area contributed by atoms with E-state index in [1.807, 2.05) is 14.1 Å². The third-order valence-corrected chi connectivity index (χ3v) is 3.79. The first-order valence-electron chi connectivity index (χ1n) is 7.62. The van der Waals surface area contributed by atoms with E-state index < -0.39 is 0 Å². The fourth-order valence-electron chi connectivity index (χ4n) is 2.37. The van der Waals surface area contributed by atoms with Crippen molar-refractivity contribution in [2.45, 2.75) is 19.4 Å². The molecule has 1 atom stereocenters. The molecular formula is C17H23N5O. The Bertz CT molecular complexity index is 654. The summed E-state index contributed by atoms with van der Waals surface area (Å²) in [6.07, 6.45) is 3.93. The molecule has 0 saturated heterocycles. The number of nitrogen functional groups attached to an aromatic ring is 1. The Morgan fingerprint density at radius 1 is 1.22 bits per heavy atom. The minimum Gasteiger partial charge on any atom is -0.382 e. The van der Waals surface area contributed by atoms with Crippen LogP contribution in [-0.2, 0) is 6.42 Å². The number of aryl methyl sites for hydroxylation is 1. The maximum atomic E-state index is 12.2. The molecule has 3 N–H and O–H groups in total. The van der Waals surface area contributed by atoms with Gasteiger partial charge in [0.2, 0.25) is 0 Å². The fourth-order valence-corrected chi connectivity index (χ4v) is 2.37. The predicted molar refractivity (Wildman–Crippen MR) is 91.0 cm³/mol. The molecule has 6 nitrogen and oxygen atoms in total. The van der Waals surface area contributed by atoms with E-state index in [4.69, 9.17) is 5.73 Å². The van der Waals surface area contributed by atoms with E-state index >= 15 is 0 Å². The molecular weight excluding hydrogens is 290 g/mol. The van der Waals surface area contributed by atoms with Crippen LogP contribution in [0.4, 0.5) is 5.82 Å². The third kappa shape index (κ3) is 4.26. The first kappa shape index (κ1) is 16.9. The number of nitrogens with one attached hydrogen (secondary N) is 1. The predicted octanol–water partition coefficient (Wildman–Crippen LogP) is 1.65. The summed E-state index contributed by atoms with van der Waals surface area (Å²) in [5, 5.41) is 2.89. The van der Waals surface area contributed by atoms with Gasteiger partial charge in [-0.2, -0.15) is 0 Å². The maximum absolute atomic E-state index is 12.2. The van der Waals surface area contributed by atoms with Crippen molar-refractivity contribution in [1.29, 1.82) is 0 Å². The molecule has 0 saturated carbocycles. The number of hydrogen-bond acceptors (Lipinski definition) is 5. The maximum Gasteiger partial charge on any atom is 0.273 e. The average Bonchev–Trinajstić information content (AvgIpc) is 2.55. The first-order chi connectivity index (χ1) is 11.0. The zero-order chi connectivity index (χ0) is 16.8. The molecule has 6 heteroatoms. The number of nitrogens with zero attached hydrogens (tertiary/aromatic N) is 3. The molecule has 0 aliphatic heterocycles. The van der Waals surface area contributed by atoms with E-state index in [1.54, 1.807) is 0 Å². The van der Waals surface area contributed by atoms with Gasteiger partial charge in [0.15, 0.2) is 11.5 Å². The van der Waals surface area contributed by atoms with Crippen LogP contribution in [0.1, 0.15) is 34.6 Å². The second-order valence-electron chi connectivity index (χ2n) is 5.57. The zero-order valence-corrected chi connectivity index (χ0v) is 13.8. The molecule has 2 rings (SSSR count). The summed E-state index contributed by atoms with van der Waals surface area (Å²) in [4.78, 5) is 22.1.